The minimum atomic E-state index is -0.329. The van der Waals surface area contributed by atoms with Gasteiger partial charge in [0.05, 0.1) is 31.2 Å². The molecule has 6 heteroatoms. The molecule has 3 aromatic carbocycles. The van der Waals surface area contributed by atoms with Gasteiger partial charge in [0.25, 0.3) is 0 Å². The van der Waals surface area contributed by atoms with Crippen molar-refractivity contribution in [3.63, 3.8) is 0 Å². The van der Waals surface area contributed by atoms with Gasteiger partial charge in [-0.3, -0.25) is 0 Å². The molecular formula is C25H20FN3O2. The summed E-state index contributed by atoms with van der Waals surface area (Å²) in [6.07, 6.45) is 1.93. The third-order valence-corrected chi connectivity index (χ3v) is 5.35. The van der Waals surface area contributed by atoms with Crippen molar-refractivity contribution in [2.75, 3.05) is 14.2 Å². The first kappa shape index (κ1) is 18.9. The number of nitrogens with zero attached hydrogens (tertiary/aromatic N) is 1. The van der Waals surface area contributed by atoms with E-state index in [4.69, 9.17) is 14.5 Å². The van der Waals surface area contributed by atoms with Crippen molar-refractivity contribution in [1.29, 1.82) is 0 Å². The van der Waals surface area contributed by atoms with Gasteiger partial charge in [-0.1, -0.05) is 12.1 Å². The second-order valence-corrected chi connectivity index (χ2v) is 7.13. The van der Waals surface area contributed by atoms with Crippen molar-refractivity contribution in [3.8, 4) is 45.4 Å². The van der Waals surface area contributed by atoms with Crippen LogP contribution >= 0.6 is 0 Å². The number of imidazole rings is 1. The highest BCUT2D eigenvalue weighted by atomic mass is 19.1. The highest BCUT2D eigenvalue weighted by molar-refractivity contribution is 5.99. The van der Waals surface area contributed by atoms with Crippen molar-refractivity contribution in [2.45, 2.75) is 0 Å². The van der Waals surface area contributed by atoms with E-state index in [1.165, 1.54) is 6.07 Å². The lowest BCUT2D eigenvalue weighted by atomic mass is 10.0. The molecule has 5 rings (SSSR count). The second kappa shape index (κ2) is 7.65. The van der Waals surface area contributed by atoms with Gasteiger partial charge >= 0.3 is 0 Å². The largest absolute Gasteiger partial charge is 0.497 e. The zero-order valence-corrected chi connectivity index (χ0v) is 17.1. The van der Waals surface area contributed by atoms with E-state index in [1.54, 1.807) is 32.4 Å². The van der Waals surface area contributed by atoms with E-state index < -0.39 is 0 Å². The van der Waals surface area contributed by atoms with Crippen molar-refractivity contribution < 1.29 is 13.9 Å². The fourth-order valence-electron chi connectivity index (χ4n) is 3.74. The van der Waals surface area contributed by atoms with Gasteiger partial charge in [-0.05, 0) is 54.6 Å². The van der Waals surface area contributed by atoms with Gasteiger partial charge in [-0.25, -0.2) is 9.37 Å². The van der Waals surface area contributed by atoms with Crippen LogP contribution < -0.4 is 9.47 Å². The van der Waals surface area contributed by atoms with E-state index >= 15 is 0 Å². The molecule has 0 atom stereocenters. The Hall–Kier alpha value is -4.06. The molecule has 0 radical (unpaired) electrons. The summed E-state index contributed by atoms with van der Waals surface area (Å²) in [6, 6.07) is 20.1. The molecule has 2 N–H and O–H groups in total. The van der Waals surface area contributed by atoms with Crippen LogP contribution in [0.5, 0.6) is 11.5 Å². The molecule has 31 heavy (non-hydrogen) atoms. The maximum absolute atomic E-state index is 14.5. The molecule has 0 aliphatic carbocycles. The molecule has 0 unspecified atom stereocenters. The second-order valence-electron chi connectivity index (χ2n) is 7.13. The first-order valence-corrected chi connectivity index (χ1v) is 9.83. The van der Waals surface area contributed by atoms with Gasteiger partial charge in [-0.2, -0.15) is 0 Å². The summed E-state index contributed by atoms with van der Waals surface area (Å²) in [7, 11) is 3.27. The maximum Gasteiger partial charge on any atom is 0.141 e. The Bertz CT molecular complexity index is 1370. The molecule has 2 aromatic heterocycles. The van der Waals surface area contributed by atoms with Crippen molar-refractivity contribution in [2.24, 2.45) is 0 Å². The molecule has 5 aromatic rings. The summed E-state index contributed by atoms with van der Waals surface area (Å²) < 4.78 is 25.2. The number of aromatic amines is 2. The molecule has 154 valence electrons. The standard InChI is InChI=1S/C25H20FN3O2/c1-30-16-9-7-15(8-10-16)23-24(29-25(28-23)18-5-3-4-6-21(18)26)20-14-27-22-12-11-17(31-2)13-19(20)22/h3-14,27H,1-2H3,(H,28,29). The number of ether oxygens (including phenoxy) is 2. The summed E-state index contributed by atoms with van der Waals surface area (Å²) in [4.78, 5) is 11.4. The first-order valence-electron chi connectivity index (χ1n) is 9.83. The molecule has 0 bridgehead atoms. The summed E-state index contributed by atoms with van der Waals surface area (Å²) in [5.41, 5.74) is 4.73. The van der Waals surface area contributed by atoms with Crippen LogP contribution in [0, 0.1) is 5.82 Å². The monoisotopic (exact) mass is 413 g/mol. The summed E-state index contributed by atoms with van der Waals surface area (Å²) in [5.74, 6) is 1.65. The van der Waals surface area contributed by atoms with Crippen LogP contribution in [-0.4, -0.2) is 29.2 Å². The Morgan fingerprint density at radius 3 is 2.32 bits per heavy atom. The fourth-order valence-corrected chi connectivity index (χ4v) is 3.74. The van der Waals surface area contributed by atoms with Crippen LogP contribution in [0.4, 0.5) is 4.39 Å². The Kier molecular flexibility index (Phi) is 4.67. The zero-order valence-electron chi connectivity index (χ0n) is 17.1. The van der Waals surface area contributed by atoms with Crippen molar-refractivity contribution in [3.05, 3.63) is 78.7 Å². The lowest BCUT2D eigenvalue weighted by Crippen LogP contribution is -1.86. The minimum absolute atomic E-state index is 0.329. The number of H-pyrrole nitrogens is 2. The summed E-state index contributed by atoms with van der Waals surface area (Å²) >= 11 is 0. The Balaban J connectivity index is 1.74. The molecule has 0 spiro atoms. The van der Waals surface area contributed by atoms with Crippen LogP contribution in [0.25, 0.3) is 44.8 Å². The normalized spacial score (nSPS) is 11.1. The van der Waals surface area contributed by atoms with E-state index in [9.17, 15) is 4.39 Å². The van der Waals surface area contributed by atoms with Gasteiger partial charge in [0, 0.05) is 28.2 Å². The van der Waals surface area contributed by atoms with Gasteiger partial charge in [-0.15, -0.1) is 0 Å². The lowest BCUT2D eigenvalue weighted by molar-refractivity contribution is 0.415. The highest BCUT2D eigenvalue weighted by Crippen LogP contribution is 2.38. The average molecular weight is 413 g/mol. The fraction of sp³-hybridized carbons (Fsp3) is 0.0800. The molecule has 0 saturated heterocycles. The van der Waals surface area contributed by atoms with Crippen molar-refractivity contribution >= 4 is 10.9 Å². The van der Waals surface area contributed by atoms with E-state index in [0.717, 1.165) is 44.9 Å². The first-order chi connectivity index (χ1) is 15.2. The number of nitrogens with one attached hydrogen (secondary N) is 2. The van der Waals surface area contributed by atoms with Crippen LogP contribution in [0.3, 0.4) is 0 Å². The number of methoxy groups -OCH3 is 2. The van der Waals surface area contributed by atoms with Crippen LogP contribution in [0.15, 0.2) is 72.9 Å². The number of benzene rings is 3. The Labute approximate surface area is 178 Å². The van der Waals surface area contributed by atoms with Crippen LogP contribution in [0.1, 0.15) is 0 Å². The minimum Gasteiger partial charge on any atom is -0.497 e. The number of rotatable bonds is 5. The van der Waals surface area contributed by atoms with E-state index in [1.807, 2.05) is 48.7 Å². The predicted molar refractivity (Wildman–Crippen MR) is 120 cm³/mol. The van der Waals surface area contributed by atoms with E-state index in [2.05, 4.69) is 9.97 Å². The number of hydrogen-bond acceptors (Lipinski definition) is 3. The molecule has 0 aliphatic heterocycles. The SMILES string of the molecule is COc1ccc(-c2nc(-c3ccccc3F)[nH]c2-c2c[nH]c3ccc(OC)cc23)cc1. The third-order valence-electron chi connectivity index (χ3n) is 5.35. The average Bonchev–Trinajstić information content (AvgIpc) is 3.43. The molecule has 0 saturated carbocycles. The molecule has 5 nitrogen and oxygen atoms in total. The highest BCUT2D eigenvalue weighted by Gasteiger charge is 2.19. The Morgan fingerprint density at radius 1 is 0.839 bits per heavy atom. The molecular weight excluding hydrogens is 393 g/mol. The summed E-state index contributed by atoms with van der Waals surface area (Å²) in [6.45, 7) is 0. The molecule has 0 aliphatic rings. The lowest BCUT2D eigenvalue weighted by Gasteiger charge is -2.05. The molecule has 0 amide bonds. The maximum atomic E-state index is 14.5. The van der Waals surface area contributed by atoms with Crippen LogP contribution in [-0.2, 0) is 0 Å². The predicted octanol–water partition coefficient (Wildman–Crippen LogP) is 6.05. The van der Waals surface area contributed by atoms with Crippen LogP contribution in [0.2, 0.25) is 0 Å². The third kappa shape index (κ3) is 3.32. The molecule has 2 heterocycles. The van der Waals surface area contributed by atoms with Crippen molar-refractivity contribution in [1.82, 2.24) is 15.0 Å². The van der Waals surface area contributed by atoms with E-state index in [-0.39, 0.29) is 5.82 Å². The van der Waals surface area contributed by atoms with Gasteiger partial charge in [0.1, 0.15) is 23.1 Å². The zero-order chi connectivity index (χ0) is 21.4. The Morgan fingerprint density at radius 2 is 1.58 bits per heavy atom. The van der Waals surface area contributed by atoms with E-state index in [0.29, 0.717) is 11.4 Å². The van der Waals surface area contributed by atoms with Gasteiger partial charge in [0.2, 0.25) is 0 Å². The number of halogens is 1. The molecule has 0 fully saturated rings. The smallest absolute Gasteiger partial charge is 0.141 e. The van der Waals surface area contributed by atoms with Gasteiger partial charge < -0.3 is 19.4 Å². The van der Waals surface area contributed by atoms with Gasteiger partial charge in [0.15, 0.2) is 0 Å². The number of aromatic nitrogens is 3. The quantitative estimate of drug-likeness (QED) is 0.369. The number of fused-ring (bicyclic) bond motifs is 1. The summed E-state index contributed by atoms with van der Waals surface area (Å²) in [5, 5.41) is 0.984. The number of hydrogen-bond donors (Lipinski definition) is 2. The topological polar surface area (TPSA) is 62.9 Å².